The fraction of sp³-hybridized carbons (Fsp3) is 0.500. The van der Waals surface area contributed by atoms with E-state index in [-0.39, 0.29) is 11.5 Å². The van der Waals surface area contributed by atoms with Crippen LogP contribution in [0.25, 0.3) is 0 Å². The highest BCUT2D eigenvalue weighted by Crippen LogP contribution is 2.35. The molecule has 5 N–H and O–H groups in total. The number of halogens is 1. The molecular weight excluding hydrogens is 212 g/mol. The summed E-state index contributed by atoms with van der Waals surface area (Å²) in [6.07, 6.45) is 1.52. The highest BCUT2D eigenvalue weighted by Gasteiger charge is 2.27. The van der Waals surface area contributed by atoms with Gasteiger partial charge >= 0.3 is 0 Å². The summed E-state index contributed by atoms with van der Waals surface area (Å²) >= 11 is 5.88. The molecular formula is C10H17ClN4. The van der Waals surface area contributed by atoms with Crippen LogP contribution >= 0.6 is 11.6 Å². The van der Waals surface area contributed by atoms with E-state index in [1.54, 1.807) is 6.07 Å². The maximum atomic E-state index is 5.88. The van der Waals surface area contributed by atoms with Gasteiger partial charge in [0.25, 0.3) is 0 Å². The van der Waals surface area contributed by atoms with E-state index in [1.807, 2.05) is 0 Å². The third-order valence-corrected chi connectivity index (χ3v) is 2.47. The first-order valence-electron chi connectivity index (χ1n) is 4.73. The first-order chi connectivity index (χ1) is 6.86. The molecule has 0 bridgehead atoms. The highest BCUT2D eigenvalue weighted by molar-refractivity contribution is 6.30. The van der Waals surface area contributed by atoms with Crippen molar-refractivity contribution in [2.45, 2.75) is 26.8 Å². The quantitative estimate of drug-likeness (QED) is 0.534. The van der Waals surface area contributed by atoms with Gasteiger partial charge in [0.05, 0.1) is 11.1 Å². The van der Waals surface area contributed by atoms with E-state index in [4.69, 9.17) is 23.2 Å². The van der Waals surface area contributed by atoms with Crippen LogP contribution in [0.4, 0.5) is 5.82 Å². The van der Waals surface area contributed by atoms with Crippen LogP contribution < -0.4 is 17.0 Å². The standard InChI is InChI=1S/C10H17ClN4/c1-10(2,3)8(15-13)7-4-6(11)5-14-9(7)12/h4-5,8,15H,13H2,1-3H3,(H2,12,14). The Labute approximate surface area is 95.0 Å². The fourth-order valence-electron chi connectivity index (χ4n) is 1.50. The van der Waals surface area contributed by atoms with Crippen molar-refractivity contribution in [1.29, 1.82) is 0 Å². The molecule has 0 fully saturated rings. The summed E-state index contributed by atoms with van der Waals surface area (Å²) in [5, 5.41) is 0.559. The van der Waals surface area contributed by atoms with E-state index >= 15 is 0 Å². The van der Waals surface area contributed by atoms with Crippen molar-refractivity contribution in [3.05, 3.63) is 22.8 Å². The maximum Gasteiger partial charge on any atom is 0.128 e. The molecule has 0 spiro atoms. The highest BCUT2D eigenvalue weighted by atomic mass is 35.5. The monoisotopic (exact) mass is 228 g/mol. The number of aromatic nitrogens is 1. The van der Waals surface area contributed by atoms with E-state index in [2.05, 4.69) is 31.2 Å². The van der Waals surface area contributed by atoms with Gasteiger partial charge in [-0.2, -0.15) is 0 Å². The van der Waals surface area contributed by atoms with Gasteiger partial charge in [0.15, 0.2) is 0 Å². The number of nitrogen functional groups attached to an aromatic ring is 1. The normalized spacial score (nSPS) is 13.9. The van der Waals surface area contributed by atoms with E-state index in [0.717, 1.165) is 5.56 Å². The number of hydrogen-bond acceptors (Lipinski definition) is 4. The topological polar surface area (TPSA) is 77.0 Å². The zero-order chi connectivity index (χ0) is 11.6. The largest absolute Gasteiger partial charge is 0.383 e. The summed E-state index contributed by atoms with van der Waals surface area (Å²) in [4.78, 5) is 4.01. The Hall–Kier alpha value is -0.840. The summed E-state index contributed by atoms with van der Waals surface area (Å²) in [6.45, 7) is 6.20. The second-order valence-electron chi connectivity index (χ2n) is 4.59. The van der Waals surface area contributed by atoms with Crippen LogP contribution in [0.1, 0.15) is 32.4 Å². The van der Waals surface area contributed by atoms with Gasteiger partial charge in [-0.1, -0.05) is 32.4 Å². The average molecular weight is 229 g/mol. The summed E-state index contributed by atoms with van der Waals surface area (Å²) < 4.78 is 0. The Bertz CT molecular complexity index is 346. The molecule has 0 saturated heterocycles. The molecule has 4 nitrogen and oxygen atoms in total. The van der Waals surface area contributed by atoms with Gasteiger partial charge < -0.3 is 5.73 Å². The lowest BCUT2D eigenvalue weighted by molar-refractivity contribution is 0.276. The molecule has 1 aromatic rings. The van der Waals surface area contributed by atoms with Gasteiger partial charge in [0.1, 0.15) is 5.82 Å². The van der Waals surface area contributed by atoms with E-state index in [9.17, 15) is 0 Å². The van der Waals surface area contributed by atoms with E-state index in [1.165, 1.54) is 6.20 Å². The van der Waals surface area contributed by atoms with Crippen LogP contribution in [-0.4, -0.2) is 4.98 Å². The lowest BCUT2D eigenvalue weighted by atomic mass is 9.83. The second-order valence-corrected chi connectivity index (χ2v) is 5.03. The fourth-order valence-corrected chi connectivity index (χ4v) is 1.67. The molecule has 5 heteroatoms. The molecule has 0 saturated carbocycles. The van der Waals surface area contributed by atoms with E-state index in [0.29, 0.717) is 10.8 Å². The molecule has 1 rings (SSSR count). The zero-order valence-corrected chi connectivity index (χ0v) is 9.97. The molecule has 1 heterocycles. The summed E-state index contributed by atoms with van der Waals surface area (Å²) in [7, 11) is 0. The Kier molecular flexibility index (Phi) is 3.54. The minimum atomic E-state index is -0.0799. The lowest BCUT2D eigenvalue weighted by Gasteiger charge is -2.30. The number of nitrogens with two attached hydrogens (primary N) is 2. The van der Waals surface area contributed by atoms with Crippen molar-refractivity contribution in [1.82, 2.24) is 10.4 Å². The number of pyridine rings is 1. The van der Waals surface area contributed by atoms with Gasteiger partial charge in [-0.25, -0.2) is 4.98 Å². The third kappa shape index (κ3) is 2.81. The van der Waals surface area contributed by atoms with Crippen LogP contribution in [-0.2, 0) is 0 Å². The summed E-state index contributed by atoms with van der Waals surface area (Å²) in [6, 6.07) is 1.71. The molecule has 84 valence electrons. The van der Waals surface area contributed by atoms with Crippen molar-refractivity contribution < 1.29 is 0 Å². The SMILES string of the molecule is CC(C)(C)C(NN)c1cc(Cl)cnc1N. The molecule has 15 heavy (non-hydrogen) atoms. The number of hydrogen-bond donors (Lipinski definition) is 3. The Balaban J connectivity index is 3.18. The van der Waals surface area contributed by atoms with Crippen LogP contribution in [0.2, 0.25) is 5.02 Å². The minimum absolute atomic E-state index is 0.0603. The van der Waals surface area contributed by atoms with Crippen LogP contribution in [0, 0.1) is 5.41 Å². The number of anilines is 1. The summed E-state index contributed by atoms with van der Waals surface area (Å²) in [5.74, 6) is 5.99. The number of nitrogens with one attached hydrogen (secondary N) is 1. The first-order valence-corrected chi connectivity index (χ1v) is 5.11. The average Bonchev–Trinajstić information content (AvgIpc) is 2.10. The predicted molar refractivity (Wildman–Crippen MR) is 63.2 cm³/mol. The lowest BCUT2D eigenvalue weighted by Crippen LogP contribution is -2.37. The Morgan fingerprint density at radius 1 is 1.47 bits per heavy atom. The third-order valence-electron chi connectivity index (χ3n) is 2.26. The molecule has 1 aromatic heterocycles. The van der Waals surface area contributed by atoms with E-state index < -0.39 is 0 Å². The molecule has 1 atom stereocenters. The predicted octanol–water partition coefficient (Wildman–Crippen LogP) is 1.87. The molecule has 1 unspecified atom stereocenters. The second kappa shape index (κ2) is 4.35. The van der Waals surface area contributed by atoms with Crippen molar-refractivity contribution in [3.8, 4) is 0 Å². The van der Waals surface area contributed by atoms with Gasteiger partial charge in [-0.3, -0.25) is 11.3 Å². The molecule has 0 amide bonds. The molecule has 0 aliphatic carbocycles. The van der Waals surface area contributed by atoms with Crippen LogP contribution in [0.3, 0.4) is 0 Å². The first kappa shape index (κ1) is 12.2. The van der Waals surface area contributed by atoms with Gasteiger partial charge in [0, 0.05) is 11.8 Å². The number of rotatable bonds is 2. The van der Waals surface area contributed by atoms with Crippen molar-refractivity contribution in [2.24, 2.45) is 11.3 Å². The van der Waals surface area contributed by atoms with Gasteiger partial charge in [0.2, 0.25) is 0 Å². The zero-order valence-electron chi connectivity index (χ0n) is 9.21. The van der Waals surface area contributed by atoms with Crippen LogP contribution in [0.5, 0.6) is 0 Å². The van der Waals surface area contributed by atoms with Crippen LogP contribution in [0.15, 0.2) is 12.3 Å². The number of hydrazine groups is 1. The molecule has 0 aromatic carbocycles. The van der Waals surface area contributed by atoms with Crippen molar-refractivity contribution >= 4 is 17.4 Å². The van der Waals surface area contributed by atoms with Gasteiger partial charge in [-0.15, -0.1) is 0 Å². The maximum absolute atomic E-state index is 5.88. The minimum Gasteiger partial charge on any atom is -0.383 e. The Morgan fingerprint density at radius 3 is 2.53 bits per heavy atom. The Morgan fingerprint density at radius 2 is 2.07 bits per heavy atom. The van der Waals surface area contributed by atoms with Gasteiger partial charge in [-0.05, 0) is 11.5 Å². The summed E-state index contributed by atoms with van der Waals surface area (Å²) in [5.41, 5.74) is 9.32. The molecule has 0 radical (unpaired) electrons. The number of nitrogens with zero attached hydrogens (tertiary/aromatic N) is 1. The smallest absolute Gasteiger partial charge is 0.128 e. The van der Waals surface area contributed by atoms with Crippen molar-refractivity contribution in [3.63, 3.8) is 0 Å². The van der Waals surface area contributed by atoms with Crippen molar-refractivity contribution in [2.75, 3.05) is 5.73 Å². The molecule has 0 aliphatic heterocycles. The molecule has 0 aliphatic rings.